The standard InChI is InChI=1S/C14H30O.C3H8O2/c1-3-5-7-9-11-13-15-14-12-10-8-6-4-2;4-2-1-3-5/h3-14H2,1-2H3;4-5H,1-3H2. The highest BCUT2D eigenvalue weighted by atomic mass is 16.5. The van der Waals surface area contributed by atoms with Crippen LogP contribution in [0.5, 0.6) is 0 Å². The highest BCUT2D eigenvalue weighted by Gasteiger charge is 1.91. The molecule has 0 saturated carbocycles. The molecule has 0 saturated heterocycles. The van der Waals surface area contributed by atoms with Gasteiger partial charge in [0.25, 0.3) is 0 Å². The Bertz CT molecular complexity index is 126. The van der Waals surface area contributed by atoms with Gasteiger partial charge in [-0.2, -0.15) is 0 Å². The van der Waals surface area contributed by atoms with E-state index in [1.54, 1.807) is 0 Å². The fraction of sp³-hybridized carbons (Fsp3) is 1.00. The van der Waals surface area contributed by atoms with Crippen LogP contribution < -0.4 is 0 Å². The van der Waals surface area contributed by atoms with E-state index in [1.807, 2.05) is 0 Å². The molecule has 0 aromatic carbocycles. The topological polar surface area (TPSA) is 49.7 Å². The molecule has 0 heterocycles. The Hall–Kier alpha value is -0.120. The van der Waals surface area contributed by atoms with Gasteiger partial charge in [0.05, 0.1) is 0 Å². The van der Waals surface area contributed by atoms with Gasteiger partial charge in [0.2, 0.25) is 0 Å². The van der Waals surface area contributed by atoms with Crippen LogP contribution in [0.15, 0.2) is 0 Å². The normalized spacial score (nSPS) is 10.2. The summed E-state index contributed by atoms with van der Waals surface area (Å²) in [5, 5.41) is 15.8. The van der Waals surface area contributed by atoms with Crippen LogP contribution in [-0.4, -0.2) is 36.6 Å². The van der Waals surface area contributed by atoms with Gasteiger partial charge in [-0.15, -0.1) is 0 Å². The van der Waals surface area contributed by atoms with Crippen LogP contribution in [0, 0.1) is 0 Å². The van der Waals surface area contributed by atoms with Gasteiger partial charge in [-0.05, 0) is 19.3 Å². The smallest absolute Gasteiger partial charge is 0.0466 e. The van der Waals surface area contributed by atoms with Crippen molar-refractivity contribution in [3.05, 3.63) is 0 Å². The summed E-state index contributed by atoms with van der Waals surface area (Å²) in [5.74, 6) is 0. The summed E-state index contributed by atoms with van der Waals surface area (Å²) in [4.78, 5) is 0. The Morgan fingerprint density at radius 2 is 0.950 bits per heavy atom. The lowest BCUT2D eigenvalue weighted by atomic mass is 10.1. The average molecular weight is 290 g/mol. The summed E-state index contributed by atoms with van der Waals surface area (Å²) in [6, 6.07) is 0. The highest BCUT2D eigenvalue weighted by molar-refractivity contribution is 4.44. The first-order valence-corrected chi connectivity index (χ1v) is 8.62. The van der Waals surface area contributed by atoms with E-state index in [-0.39, 0.29) is 13.2 Å². The molecule has 0 atom stereocenters. The van der Waals surface area contributed by atoms with Gasteiger partial charge in [0.1, 0.15) is 0 Å². The number of hydrogen-bond donors (Lipinski definition) is 2. The molecule has 0 radical (unpaired) electrons. The van der Waals surface area contributed by atoms with Crippen molar-refractivity contribution < 1.29 is 14.9 Å². The largest absolute Gasteiger partial charge is 0.396 e. The average Bonchev–Trinajstić information content (AvgIpc) is 2.46. The Kier molecular flexibility index (Phi) is 26.5. The van der Waals surface area contributed by atoms with Gasteiger partial charge >= 0.3 is 0 Å². The molecule has 0 aromatic rings. The summed E-state index contributed by atoms with van der Waals surface area (Å²) in [7, 11) is 0. The Morgan fingerprint density at radius 3 is 1.25 bits per heavy atom. The number of aliphatic hydroxyl groups excluding tert-OH is 2. The molecule has 2 N–H and O–H groups in total. The van der Waals surface area contributed by atoms with E-state index in [0.717, 1.165) is 13.2 Å². The first kappa shape index (κ1) is 22.2. The van der Waals surface area contributed by atoms with Gasteiger partial charge in [-0.3, -0.25) is 0 Å². The van der Waals surface area contributed by atoms with Crippen molar-refractivity contribution in [3.8, 4) is 0 Å². The fourth-order valence-corrected chi connectivity index (χ4v) is 1.79. The van der Waals surface area contributed by atoms with Crippen LogP contribution in [0.4, 0.5) is 0 Å². The molecule has 0 spiro atoms. The van der Waals surface area contributed by atoms with E-state index in [0.29, 0.717) is 6.42 Å². The van der Waals surface area contributed by atoms with Gasteiger partial charge in [-0.1, -0.05) is 65.2 Å². The second kappa shape index (κ2) is 23.9. The van der Waals surface area contributed by atoms with Crippen molar-refractivity contribution >= 4 is 0 Å². The number of hydrogen-bond acceptors (Lipinski definition) is 3. The molecule has 0 aromatic heterocycles. The third kappa shape index (κ3) is 26.4. The second-order valence-electron chi connectivity index (χ2n) is 5.24. The van der Waals surface area contributed by atoms with Crippen molar-refractivity contribution in [2.75, 3.05) is 26.4 Å². The molecule has 3 nitrogen and oxygen atoms in total. The second-order valence-corrected chi connectivity index (χ2v) is 5.24. The zero-order valence-electron chi connectivity index (χ0n) is 13.9. The summed E-state index contributed by atoms with van der Waals surface area (Å²) in [6.45, 7) is 6.67. The fourth-order valence-electron chi connectivity index (χ4n) is 1.79. The van der Waals surface area contributed by atoms with Gasteiger partial charge in [0.15, 0.2) is 0 Å². The van der Waals surface area contributed by atoms with E-state index in [4.69, 9.17) is 14.9 Å². The molecule has 0 amide bonds. The lowest BCUT2D eigenvalue weighted by molar-refractivity contribution is 0.125. The van der Waals surface area contributed by atoms with E-state index in [9.17, 15) is 0 Å². The molecule has 0 rings (SSSR count). The lowest BCUT2D eigenvalue weighted by Gasteiger charge is -2.03. The number of rotatable bonds is 14. The monoisotopic (exact) mass is 290 g/mol. The maximum absolute atomic E-state index is 7.91. The minimum absolute atomic E-state index is 0.0938. The minimum atomic E-state index is 0.0938. The highest BCUT2D eigenvalue weighted by Crippen LogP contribution is 2.04. The third-order valence-electron chi connectivity index (χ3n) is 3.10. The van der Waals surface area contributed by atoms with Crippen molar-refractivity contribution in [1.29, 1.82) is 0 Å². The molecule has 0 fully saturated rings. The van der Waals surface area contributed by atoms with Crippen molar-refractivity contribution in [2.24, 2.45) is 0 Å². The number of aliphatic hydroxyl groups is 2. The van der Waals surface area contributed by atoms with Crippen LogP contribution >= 0.6 is 0 Å². The molecular weight excluding hydrogens is 252 g/mol. The molecular formula is C17H38O3. The summed E-state index contributed by atoms with van der Waals surface area (Å²) < 4.78 is 5.59. The molecule has 0 bridgehead atoms. The summed E-state index contributed by atoms with van der Waals surface area (Å²) >= 11 is 0. The predicted octanol–water partition coefficient (Wildman–Crippen LogP) is 4.30. The van der Waals surface area contributed by atoms with Crippen molar-refractivity contribution in [2.45, 2.75) is 84.5 Å². The maximum Gasteiger partial charge on any atom is 0.0466 e. The molecule has 3 heteroatoms. The van der Waals surface area contributed by atoms with Crippen LogP contribution in [0.25, 0.3) is 0 Å². The summed E-state index contributed by atoms with van der Waals surface area (Å²) in [5.41, 5.74) is 0. The Labute approximate surface area is 126 Å². The quantitative estimate of drug-likeness (QED) is 0.469. The molecule has 0 aliphatic heterocycles. The van der Waals surface area contributed by atoms with E-state index in [2.05, 4.69) is 13.8 Å². The maximum atomic E-state index is 7.91. The van der Waals surface area contributed by atoms with Crippen LogP contribution in [0.3, 0.4) is 0 Å². The molecule has 20 heavy (non-hydrogen) atoms. The van der Waals surface area contributed by atoms with Gasteiger partial charge in [-0.25, -0.2) is 0 Å². The predicted molar refractivity (Wildman–Crippen MR) is 87.1 cm³/mol. The van der Waals surface area contributed by atoms with Crippen molar-refractivity contribution in [3.63, 3.8) is 0 Å². The molecule has 124 valence electrons. The Morgan fingerprint density at radius 1 is 0.550 bits per heavy atom. The Balaban J connectivity index is 0. The van der Waals surface area contributed by atoms with Crippen LogP contribution in [-0.2, 0) is 4.74 Å². The van der Waals surface area contributed by atoms with Crippen LogP contribution in [0.2, 0.25) is 0 Å². The van der Waals surface area contributed by atoms with E-state index in [1.165, 1.54) is 64.2 Å². The molecule has 0 aliphatic rings. The SMILES string of the molecule is CCCCCCCOCCCCCCC.OCCCO. The zero-order valence-corrected chi connectivity index (χ0v) is 13.9. The third-order valence-corrected chi connectivity index (χ3v) is 3.10. The minimum Gasteiger partial charge on any atom is -0.396 e. The first-order chi connectivity index (χ1) is 9.83. The van der Waals surface area contributed by atoms with E-state index >= 15 is 0 Å². The van der Waals surface area contributed by atoms with Gasteiger partial charge in [0, 0.05) is 26.4 Å². The number of ether oxygens (including phenoxy) is 1. The zero-order chi connectivity index (χ0) is 15.3. The first-order valence-electron chi connectivity index (χ1n) is 8.62. The molecule has 0 aliphatic carbocycles. The van der Waals surface area contributed by atoms with Gasteiger partial charge < -0.3 is 14.9 Å². The van der Waals surface area contributed by atoms with E-state index < -0.39 is 0 Å². The van der Waals surface area contributed by atoms with Crippen molar-refractivity contribution in [1.82, 2.24) is 0 Å². The summed E-state index contributed by atoms with van der Waals surface area (Å²) in [6.07, 6.45) is 13.9. The number of unbranched alkanes of at least 4 members (excludes halogenated alkanes) is 8. The molecule has 0 unspecified atom stereocenters. The lowest BCUT2D eigenvalue weighted by Crippen LogP contribution is -1.97. The van der Waals surface area contributed by atoms with Crippen LogP contribution in [0.1, 0.15) is 84.5 Å².